The van der Waals surface area contributed by atoms with E-state index in [1.54, 1.807) is 4.68 Å². The minimum Gasteiger partial charge on any atom is -0.484 e. The molecule has 1 N–H and O–H groups in total. The van der Waals surface area contributed by atoms with E-state index in [0.29, 0.717) is 17.4 Å². The van der Waals surface area contributed by atoms with Crippen LogP contribution in [0.1, 0.15) is 30.2 Å². The lowest BCUT2D eigenvalue weighted by molar-refractivity contribution is -0.118. The fourth-order valence-electron chi connectivity index (χ4n) is 3.57. The average Bonchev–Trinajstić information content (AvgIpc) is 3.13. The molecular formula is C25H26N4O2. The molecule has 2 aromatic carbocycles. The largest absolute Gasteiger partial charge is 0.484 e. The minimum atomic E-state index is -0.253. The van der Waals surface area contributed by atoms with Gasteiger partial charge in [0.2, 0.25) is 0 Å². The summed E-state index contributed by atoms with van der Waals surface area (Å²) in [5.41, 5.74) is 4.03. The molecule has 31 heavy (non-hydrogen) atoms. The summed E-state index contributed by atoms with van der Waals surface area (Å²) in [7, 11) is 0. The first-order valence-electron chi connectivity index (χ1n) is 10.5. The highest BCUT2D eigenvalue weighted by Gasteiger charge is 2.14. The van der Waals surface area contributed by atoms with E-state index >= 15 is 0 Å². The average molecular weight is 415 g/mol. The summed E-state index contributed by atoms with van der Waals surface area (Å²) in [6, 6.07) is 19.6. The number of nitrogens with zero attached hydrogens (tertiary/aromatic N) is 3. The van der Waals surface area contributed by atoms with Gasteiger partial charge in [0.1, 0.15) is 11.6 Å². The second kappa shape index (κ2) is 9.00. The van der Waals surface area contributed by atoms with Gasteiger partial charge in [-0.2, -0.15) is 9.78 Å². The van der Waals surface area contributed by atoms with Crippen molar-refractivity contribution in [2.24, 2.45) is 0 Å². The molecule has 0 atom stereocenters. The van der Waals surface area contributed by atoms with E-state index in [9.17, 15) is 4.79 Å². The summed E-state index contributed by atoms with van der Waals surface area (Å²) in [5.74, 6) is 1.64. The number of hydrogen-bond acceptors (Lipinski definition) is 4. The fraction of sp³-hybridized carbons (Fsp3) is 0.240. The SMILES string of the molecule is CCCc1ccc(OCC(=O)Nc2cc(C)nn2-c2cc(C)c3ccccc3n2)cc1. The third kappa shape index (κ3) is 4.74. The Bertz CT molecular complexity index is 1210. The molecule has 0 aliphatic rings. The van der Waals surface area contributed by atoms with Crippen molar-refractivity contribution < 1.29 is 9.53 Å². The molecule has 1 amide bonds. The normalized spacial score (nSPS) is 10.9. The van der Waals surface area contributed by atoms with Crippen LogP contribution in [0.15, 0.2) is 60.7 Å². The van der Waals surface area contributed by atoms with Gasteiger partial charge in [-0.1, -0.05) is 43.7 Å². The van der Waals surface area contributed by atoms with E-state index in [2.05, 4.69) is 17.3 Å². The third-order valence-electron chi connectivity index (χ3n) is 5.06. The van der Waals surface area contributed by atoms with E-state index in [0.717, 1.165) is 35.0 Å². The van der Waals surface area contributed by atoms with Crippen molar-refractivity contribution in [1.82, 2.24) is 14.8 Å². The summed E-state index contributed by atoms with van der Waals surface area (Å²) in [6.45, 7) is 5.99. The number of benzene rings is 2. The molecule has 0 saturated heterocycles. The summed E-state index contributed by atoms with van der Waals surface area (Å²) in [6.07, 6.45) is 2.13. The molecule has 158 valence electrons. The van der Waals surface area contributed by atoms with Crippen LogP contribution in [0.5, 0.6) is 5.75 Å². The molecule has 2 aromatic heterocycles. The van der Waals surface area contributed by atoms with Gasteiger partial charge in [-0.15, -0.1) is 0 Å². The number of rotatable bonds is 7. The van der Waals surface area contributed by atoms with Crippen LogP contribution in [0.3, 0.4) is 0 Å². The lowest BCUT2D eigenvalue weighted by Crippen LogP contribution is -2.22. The van der Waals surface area contributed by atoms with Crippen LogP contribution >= 0.6 is 0 Å². The maximum atomic E-state index is 12.5. The van der Waals surface area contributed by atoms with Crippen molar-refractivity contribution >= 4 is 22.6 Å². The van der Waals surface area contributed by atoms with Crippen LogP contribution in [0.2, 0.25) is 0 Å². The second-order valence-corrected chi connectivity index (χ2v) is 7.63. The number of para-hydroxylation sites is 1. The zero-order valence-corrected chi connectivity index (χ0v) is 18.1. The Morgan fingerprint density at radius 3 is 2.61 bits per heavy atom. The quantitative estimate of drug-likeness (QED) is 0.462. The number of anilines is 1. The fourth-order valence-corrected chi connectivity index (χ4v) is 3.57. The number of aryl methyl sites for hydroxylation is 3. The Morgan fingerprint density at radius 1 is 1.06 bits per heavy atom. The smallest absolute Gasteiger partial charge is 0.263 e. The number of fused-ring (bicyclic) bond motifs is 1. The number of amides is 1. The zero-order chi connectivity index (χ0) is 21.8. The molecule has 6 nitrogen and oxygen atoms in total. The van der Waals surface area contributed by atoms with Gasteiger partial charge >= 0.3 is 0 Å². The predicted octanol–water partition coefficient (Wildman–Crippen LogP) is 5.01. The highest BCUT2D eigenvalue weighted by atomic mass is 16.5. The van der Waals surface area contributed by atoms with Crippen molar-refractivity contribution in [3.8, 4) is 11.6 Å². The van der Waals surface area contributed by atoms with Crippen LogP contribution < -0.4 is 10.1 Å². The van der Waals surface area contributed by atoms with Crippen molar-refractivity contribution in [2.75, 3.05) is 11.9 Å². The summed E-state index contributed by atoms with van der Waals surface area (Å²) in [5, 5.41) is 8.52. The van der Waals surface area contributed by atoms with E-state index in [-0.39, 0.29) is 12.5 Å². The molecule has 0 saturated carbocycles. The van der Waals surface area contributed by atoms with Crippen LogP contribution in [0.25, 0.3) is 16.7 Å². The number of carbonyl (C=O) groups excluding carboxylic acids is 1. The maximum Gasteiger partial charge on any atom is 0.263 e. The molecule has 0 bridgehead atoms. The number of ether oxygens (including phenoxy) is 1. The molecule has 4 aromatic rings. The summed E-state index contributed by atoms with van der Waals surface area (Å²) < 4.78 is 7.30. The first kappa shape index (κ1) is 20.6. The first-order valence-corrected chi connectivity index (χ1v) is 10.5. The molecule has 0 unspecified atom stereocenters. The molecule has 0 fully saturated rings. The predicted molar refractivity (Wildman–Crippen MR) is 123 cm³/mol. The Kier molecular flexibility index (Phi) is 5.98. The number of nitrogens with one attached hydrogen (secondary N) is 1. The Hall–Kier alpha value is -3.67. The second-order valence-electron chi connectivity index (χ2n) is 7.63. The molecule has 6 heteroatoms. The van der Waals surface area contributed by atoms with Gasteiger partial charge in [0.15, 0.2) is 12.4 Å². The van der Waals surface area contributed by atoms with Crippen molar-refractivity contribution in [3.05, 3.63) is 77.5 Å². The molecule has 0 spiro atoms. The molecule has 0 aliphatic carbocycles. The summed E-state index contributed by atoms with van der Waals surface area (Å²) in [4.78, 5) is 17.3. The summed E-state index contributed by atoms with van der Waals surface area (Å²) >= 11 is 0. The molecule has 2 heterocycles. The number of aromatic nitrogens is 3. The van der Waals surface area contributed by atoms with Gasteiger partial charge < -0.3 is 10.1 Å². The molecule has 4 rings (SSSR count). The zero-order valence-electron chi connectivity index (χ0n) is 18.1. The minimum absolute atomic E-state index is 0.0818. The van der Waals surface area contributed by atoms with Gasteiger partial charge in [-0.3, -0.25) is 4.79 Å². The Morgan fingerprint density at radius 2 is 1.84 bits per heavy atom. The lowest BCUT2D eigenvalue weighted by Gasteiger charge is -2.11. The van der Waals surface area contributed by atoms with Gasteiger partial charge in [0.25, 0.3) is 5.91 Å². The van der Waals surface area contributed by atoms with Crippen LogP contribution in [0.4, 0.5) is 5.82 Å². The standard InChI is InChI=1S/C25H26N4O2/c1-4-7-19-10-12-20(13-11-19)31-16-25(30)27-24-15-18(3)28-29(24)23-14-17(2)21-8-5-6-9-22(21)26-23/h5-6,8-15H,4,7,16H2,1-3H3,(H,27,30). The van der Waals surface area contributed by atoms with Crippen LogP contribution in [-0.4, -0.2) is 27.3 Å². The van der Waals surface area contributed by atoms with E-state index in [1.807, 2.05) is 74.5 Å². The van der Waals surface area contributed by atoms with Crippen molar-refractivity contribution in [1.29, 1.82) is 0 Å². The van der Waals surface area contributed by atoms with Crippen LogP contribution in [-0.2, 0) is 11.2 Å². The highest BCUT2D eigenvalue weighted by molar-refractivity contribution is 5.91. The van der Waals surface area contributed by atoms with Gasteiger partial charge in [0, 0.05) is 11.5 Å². The number of pyridine rings is 1. The monoisotopic (exact) mass is 414 g/mol. The van der Waals surface area contributed by atoms with Gasteiger partial charge in [-0.25, -0.2) is 4.98 Å². The van der Waals surface area contributed by atoms with E-state index in [4.69, 9.17) is 9.72 Å². The first-order chi connectivity index (χ1) is 15.0. The topological polar surface area (TPSA) is 69.0 Å². The molecule has 0 aliphatic heterocycles. The lowest BCUT2D eigenvalue weighted by atomic mass is 10.1. The van der Waals surface area contributed by atoms with E-state index < -0.39 is 0 Å². The van der Waals surface area contributed by atoms with Gasteiger partial charge in [-0.05, 0) is 55.7 Å². The van der Waals surface area contributed by atoms with Crippen LogP contribution in [0, 0.1) is 13.8 Å². The Balaban J connectivity index is 1.49. The molecule has 0 radical (unpaired) electrons. The number of carbonyl (C=O) groups is 1. The van der Waals surface area contributed by atoms with Crippen molar-refractivity contribution in [3.63, 3.8) is 0 Å². The highest BCUT2D eigenvalue weighted by Crippen LogP contribution is 2.22. The third-order valence-corrected chi connectivity index (χ3v) is 5.06. The molecular weight excluding hydrogens is 388 g/mol. The van der Waals surface area contributed by atoms with Crippen molar-refractivity contribution in [2.45, 2.75) is 33.6 Å². The van der Waals surface area contributed by atoms with Gasteiger partial charge in [0.05, 0.1) is 11.2 Å². The maximum absolute atomic E-state index is 12.5. The number of hydrogen-bond donors (Lipinski definition) is 1. The Labute approximate surface area is 181 Å². The van der Waals surface area contributed by atoms with E-state index in [1.165, 1.54) is 5.56 Å².